The SMILES string of the molecule is Cl.O=C(O)CCCCN1CCN(C(=O)CCCc2ccccc2)CC1. The van der Waals surface area contributed by atoms with Gasteiger partial charge in [0, 0.05) is 39.0 Å². The molecule has 6 heteroatoms. The molecule has 1 N–H and O–H groups in total. The van der Waals surface area contributed by atoms with Crippen molar-refractivity contribution in [1.82, 2.24) is 9.80 Å². The highest BCUT2D eigenvalue weighted by Crippen LogP contribution is 2.09. The minimum Gasteiger partial charge on any atom is -0.481 e. The molecule has 1 heterocycles. The maximum atomic E-state index is 12.3. The summed E-state index contributed by atoms with van der Waals surface area (Å²) >= 11 is 0. The predicted molar refractivity (Wildman–Crippen MR) is 101 cm³/mol. The van der Waals surface area contributed by atoms with E-state index in [-0.39, 0.29) is 24.7 Å². The number of benzene rings is 1. The number of nitrogens with zero attached hydrogens (tertiary/aromatic N) is 2. The number of piperazine rings is 1. The van der Waals surface area contributed by atoms with Crippen molar-refractivity contribution in [2.45, 2.75) is 38.5 Å². The van der Waals surface area contributed by atoms with Gasteiger partial charge < -0.3 is 10.0 Å². The number of amides is 1. The second-order valence-corrected chi connectivity index (χ2v) is 6.41. The van der Waals surface area contributed by atoms with E-state index in [1.54, 1.807) is 0 Å². The van der Waals surface area contributed by atoms with E-state index in [1.165, 1.54) is 5.56 Å². The van der Waals surface area contributed by atoms with Gasteiger partial charge in [0.25, 0.3) is 0 Å². The number of aliphatic carboxylic acids is 1. The van der Waals surface area contributed by atoms with Gasteiger partial charge in [0.1, 0.15) is 0 Å². The van der Waals surface area contributed by atoms with E-state index in [4.69, 9.17) is 5.11 Å². The van der Waals surface area contributed by atoms with Gasteiger partial charge in [-0.2, -0.15) is 0 Å². The maximum absolute atomic E-state index is 12.3. The summed E-state index contributed by atoms with van der Waals surface area (Å²) < 4.78 is 0. The molecule has 0 atom stereocenters. The molecule has 0 radical (unpaired) electrons. The van der Waals surface area contributed by atoms with E-state index < -0.39 is 5.97 Å². The van der Waals surface area contributed by atoms with E-state index in [2.05, 4.69) is 17.0 Å². The van der Waals surface area contributed by atoms with Crippen molar-refractivity contribution < 1.29 is 14.7 Å². The number of carboxylic acids is 1. The lowest BCUT2D eigenvalue weighted by Gasteiger charge is -2.34. The molecule has 1 fully saturated rings. The normalized spacial score (nSPS) is 14.8. The molecule has 1 aliphatic heterocycles. The van der Waals surface area contributed by atoms with E-state index in [0.717, 1.165) is 58.4 Å². The van der Waals surface area contributed by atoms with Crippen molar-refractivity contribution >= 4 is 24.3 Å². The first kappa shape index (κ1) is 21.5. The number of aryl methyl sites for hydroxylation is 1. The van der Waals surface area contributed by atoms with Gasteiger partial charge in [0.05, 0.1) is 0 Å². The molecule has 0 unspecified atom stereocenters. The van der Waals surface area contributed by atoms with Crippen molar-refractivity contribution in [3.8, 4) is 0 Å². The summed E-state index contributed by atoms with van der Waals surface area (Å²) in [6.07, 6.45) is 4.37. The molecule has 0 bridgehead atoms. The van der Waals surface area contributed by atoms with Gasteiger partial charge >= 0.3 is 5.97 Å². The lowest BCUT2D eigenvalue weighted by molar-refractivity contribution is -0.137. The van der Waals surface area contributed by atoms with Gasteiger partial charge in [-0.1, -0.05) is 30.3 Å². The predicted octanol–water partition coefficient (Wildman–Crippen LogP) is 2.83. The van der Waals surface area contributed by atoms with Crippen molar-refractivity contribution in [1.29, 1.82) is 0 Å². The molecular formula is C19H29ClN2O3. The molecule has 5 nitrogen and oxygen atoms in total. The van der Waals surface area contributed by atoms with Crippen LogP contribution in [0.3, 0.4) is 0 Å². The van der Waals surface area contributed by atoms with Crippen LogP contribution >= 0.6 is 12.4 Å². The number of rotatable bonds is 9. The Kier molecular flexibility index (Phi) is 10.2. The topological polar surface area (TPSA) is 60.9 Å². The summed E-state index contributed by atoms with van der Waals surface area (Å²) in [5.74, 6) is -0.461. The fourth-order valence-corrected chi connectivity index (χ4v) is 3.08. The lowest BCUT2D eigenvalue weighted by atomic mass is 10.1. The zero-order valence-corrected chi connectivity index (χ0v) is 15.5. The first-order valence-corrected chi connectivity index (χ1v) is 8.91. The van der Waals surface area contributed by atoms with Gasteiger partial charge in [-0.05, 0) is 37.8 Å². The molecule has 1 amide bonds. The third-order valence-corrected chi connectivity index (χ3v) is 4.54. The van der Waals surface area contributed by atoms with Crippen LogP contribution < -0.4 is 0 Å². The second-order valence-electron chi connectivity index (χ2n) is 6.41. The molecule has 1 aromatic carbocycles. The van der Waals surface area contributed by atoms with E-state index >= 15 is 0 Å². The summed E-state index contributed by atoms with van der Waals surface area (Å²) in [4.78, 5) is 27.1. The molecular weight excluding hydrogens is 340 g/mol. The molecule has 25 heavy (non-hydrogen) atoms. The Balaban J connectivity index is 0.00000312. The Morgan fingerprint density at radius 1 is 0.920 bits per heavy atom. The Morgan fingerprint density at radius 2 is 1.60 bits per heavy atom. The number of halogens is 1. The number of carboxylic acid groups (broad SMARTS) is 1. The van der Waals surface area contributed by atoms with Crippen LogP contribution in [0.1, 0.15) is 37.7 Å². The van der Waals surface area contributed by atoms with Crippen molar-refractivity contribution in [3.05, 3.63) is 35.9 Å². The molecule has 2 rings (SSSR count). The minimum atomic E-state index is -0.721. The summed E-state index contributed by atoms with van der Waals surface area (Å²) in [6.45, 7) is 4.32. The van der Waals surface area contributed by atoms with Gasteiger partial charge in [-0.25, -0.2) is 0 Å². The molecule has 0 saturated carbocycles. The highest BCUT2D eigenvalue weighted by Gasteiger charge is 2.20. The first-order chi connectivity index (χ1) is 11.6. The van der Waals surface area contributed by atoms with Gasteiger partial charge in [0.15, 0.2) is 0 Å². The van der Waals surface area contributed by atoms with Crippen molar-refractivity contribution in [3.63, 3.8) is 0 Å². The molecule has 0 spiro atoms. The van der Waals surface area contributed by atoms with Crippen LogP contribution in [-0.2, 0) is 16.0 Å². The Morgan fingerprint density at radius 3 is 2.24 bits per heavy atom. The van der Waals surface area contributed by atoms with Crippen LogP contribution in [0.5, 0.6) is 0 Å². The molecule has 140 valence electrons. The van der Waals surface area contributed by atoms with Gasteiger partial charge in [-0.15, -0.1) is 12.4 Å². The molecule has 1 aromatic rings. The van der Waals surface area contributed by atoms with E-state index in [0.29, 0.717) is 6.42 Å². The quantitative estimate of drug-likeness (QED) is 0.681. The Bertz CT molecular complexity index is 517. The lowest BCUT2D eigenvalue weighted by Crippen LogP contribution is -2.48. The maximum Gasteiger partial charge on any atom is 0.303 e. The highest BCUT2D eigenvalue weighted by atomic mass is 35.5. The highest BCUT2D eigenvalue weighted by molar-refractivity contribution is 5.85. The monoisotopic (exact) mass is 368 g/mol. The number of hydrogen-bond acceptors (Lipinski definition) is 3. The average Bonchev–Trinajstić information content (AvgIpc) is 2.60. The number of hydrogen-bond donors (Lipinski definition) is 1. The summed E-state index contributed by atoms with van der Waals surface area (Å²) in [7, 11) is 0. The van der Waals surface area contributed by atoms with Crippen LogP contribution in [0.4, 0.5) is 0 Å². The number of unbranched alkanes of at least 4 members (excludes halogenated alkanes) is 1. The minimum absolute atomic E-state index is 0. The van der Waals surface area contributed by atoms with Crippen LogP contribution in [0.15, 0.2) is 30.3 Å². The first-order valence-electron chi connectivity index (χ1n) is 8.91. The molecule has 0 aliphatic carbocycles. The molecule has 1 saturated heterocycles. The third kappa shape index (κ3) is 8.36. The van der Waals surface area contributed by atoms with Crippen LogP contribution in [0.2, 0.25) is 0 Å². The van der Waals surface area contributed by atoms with E-state index in [1.807, 2.05) is 23.1 Å². The van der Waals surface area contributed by atoms with Crippen LogP contribution in [0.25, 0.3) is 0 Å². The van der Waals surface area contributed by atoms with Crippen LogP contribution in [0, 0.1) is 0 Å². The van der Waals surface area contributed by atoms with Gasteiger partial charge in [0.2, 0.25) is 5.91 Å². The smallest absolute Gasteiger partial charge is 0.303 e. The Labute approximate surface area is 156 Å². The number of carbonyl (C=O) groups excluding carboxylic acids is 1. The fraction of sp³-hybridized carbons (Fsp3) is 0.579. The van der Waals surface area contributed by atoms with Gasteiger partial charge in [-0.3, -0.25) is 14.5 Å². The zero-order valence-electron chi connectivity index (χ0n) is 14.7. The Hall–Kier alpha value is -1.59. The molecule has 0 aromatic heterocycles. The largest absolute Gasteiger partial charge is 0.481 e. The summed E-state index contributed by atoms with van der Waals surface area (Å²) in [5.41, 5.74) is 1.29. The van der Waals surface area contributed by atoms with Crippen LogP contribution in [-0.4, -0.2) is 59.5 Å². The van der Waals surface area contributed by atoms with Crippen molar-refractivity contribution in [2.24, 2.45) is 0 Å². The molecule has 1 aliphatic rings. The second kappa shape index (κ2) is 11.9. The zero-order chi connectivity index (χ0) is 17.2. The third-order valence-electron chi connectivity index (χ3n) is 4.54. The number of carbonyl (C=O) groups is 2. The fourth-order valence-electron chi connectivity index (χ4n) is 3.08. The van der Waals surface area contributed by atoms with E-state index in [9.17, 15) is 9.59 Å². The average molecular weight is 369 g/mol. The standard InChI is InChI=1S/C19H28N2O3.ClH/c22-18(10-6-9-17-7-2-1-3-8-17)21-15-13-20(14-16-21)12-5-4-11-19(23)24;/h1-3,7-8H,4-6,9-16H2,(H,23,24);1H. The summed E-state index contributed by atoms with van der Waals surface area (Å²) in [5, 5.41) is 8.63. The van der Waals surface area contributed by atoms with Crippen molar-refractivity contribution in [2.75, 3.05) is 32.7 Å². The summed E-state index contributed by atoms with van der Waals surface area (Å²) in [6, 6.07) is 10.3.